The van der Waals surface area contributed by atoms with Crippen LogP contribution in [-0.4, -0.2) is 44.6 Å². The van der Waals surface area contributed by atoms with Crippen molar-refractivity contribution >= 4 is 17.3 Å². The number of amides is 1. The second-order valence-corrected chi connectivity index (χ2v) is 7.16. The number of pyridine rings is 1. The van der Waals surface area contributed by atoms with Crippen molar-refractivity contribution in [3.8, 4) is 0 Å². The molecule has 1 N–H and O–H groups in total. The maximum Gasteiger partial charge on any atom is 0.410 e. The van der Waals surface area contributed by atoms with Crippen molar-refractivity contribution in [3.05, 3.63) is 23.7 Å². The van der Waals surface area contributed by atoms with Gasteiger partial charge in [-0.05, 0) is 58.1 Å². The first-order valence-corrected chi connectivity index (χ1v) is 8.12. The smallest absolute Gasteiger partial charge is 0.410 e. The first-order chi connectivity index (χ1) is 10.8. The summed E-state index contributed by atoms with van der Waals surface area (Å²) in [6, 6.07) is 2.05. The quantitative estimate of drug-likeness (QED) is 0.875. The molecule has 0 atom stereocenters. The van der Waals surface area contributed by atoms with Crippen molar-refractivity contribution < 1.29 is 9.53 Å². The lowest BCUT2D eigenvalue weighted by Crippen LogP contribution is -2.41. The van der Waals surface area contributed by atoms with Crippen molar-refractivity contribution in [3.63, 3.8) is 0 Å². The number of piperidine rings is 1. The zero-order valence-electron chi connectivity index (χ0n) is 14.2. The summed E-state index contributed by atoms with van der Waals surface area (Å²) in [5, 5.41) is 0. The van der Waals surface area contributed by atoms with Crippen LogP contribution in [0.2, 0.25) is 0 Å². The molecule has 124 valence electrons. The van der Waals surface area contributed by atoms with Gasteiger partial charge < -0.3 is 14.6 Å². The van der Waals surface area contributed by atoms with Crippen molar-refractivity contribution in [2.75, 3.05) is 13.1 Å². The number of hydrogen-bond acceptors (Lipinski definition) is 4. The van der Waals surface area contributed by atoms with Gasteiger partial charge in [0, 0.05) is 19.3 Å². The maximum absolute atomic E-state index is 12.1. The summed E-state index contributed by atoms with van der Waals surface area (Å²) >= 11 is 0. The molecule has 2 aromatic heterocycles. The minimum atomic E-state index is -0.447. The number of ether oxygens (including phenoxy) is 1. The fraction of sp³-hybridized carbons (Fsp3) is 0.588. The summed E-state index contributed by atoms with van der Waals surface area (Å²) in [4.78, 5) is 26.0. The van der Waals surface area contributed by atoms with Gasteiger partial charge in [-0.25, -0.2) is 14.8 Å². The van der Waals surface area contributed by atoms with Crippen LogP contribution >= 0.6 is 0 Å². The number of carbonyl (C=O) groups excluding carboxylic acids is 1. The molecule has 0 bridgehead atoms. The van der Waals surface area contributed by atoms with Crippen LogP contribution in [0.3, 0.4) is 0 Å². The zero-order valence-corrected chi connectivity index (χ0v) is 14.2. The molecule has 0 aliphatic carbocycles. The molecule has 3 heterocycles. The average molecular weight is 316 g/mol. The lowest BCUT2D eigenvalue weighted by molar-refractivity contribution is 0.0205. The maximum atomic E-state index is 12.1. The highest BCUT2D eigenvalue weighted by Gasteiger charge is 2.28. The Labute approximate surface area is 136 Å². The number of hydrogen-bond donors (Lipinski definition) is 1. The highest BCUT2D eigenvalue weighted by atomic mass is 16.6. The fourth-order valence-corrected chi connectivity index (χ4v) is 3.07. The van der Waals surface area contributed by atoms with Gasteiger partial charge in [-0.15, -0.1) is 0 Å². The number of fused-ring (bicyclic) bond motifs is 1. The molecule has 0 radical (unpaired) electrons. The van der Waals surface area contributed by atoms with E-state index in [1.54, 1.807) is 4.90 Å². The number of likely N-dealkylation sites (tertiary alicyclic amines) is 1. The van der Waals surface area contributed by atoms with Crippen LogP contribution in [0, 0.1) is 6.92 Å². The Morgan fingerprint density at radius 2 is 2.04 bits per heavy atom. The molecule has 2 aromatic rings. The Morgan fingerprint density at radius 1 is 1.35 bits per heavy atom. The second kappa shape index (κ2) is 5.83. The van der Waals surface area contributed by atoms with Gasteiger partial charge in [-0.1, -0.05) is 0 Å². The van der Waals surface area contributed by atoms with Crippen molar-refractivity contribution in [1.29, 1.82) is 0 Å². The van der Waals surface area contributed by atoms with E-state index in [9.17, 15) is 4.79 Å². The first kappa shape index (κ1) is 15.8. The van der Waals surface area contributed by atoms with E-state index in [4.69, 9.17) is 4.74 Å². The zero-order chi connectivity index (χ0) is 16.6. The van der Waals surface area contributed by atoms with Gasteiger partial charge in [-0.3, -0.25) is 0 Å². The third-order valence-electron chi connectivity index (χ3n) is 4.12. The molecule has 1 aliphatic rings. The van der Waals surface area contributed by atoms with Gasteiger partial charge >= 0.3 is 6.09 Å². The van der Waals surface area contributed by atoms with E-state index >= 15 is 0 Å². The molecular formula is C17H24N4O2. The van der Waals surface area contributed by atoms with Crippen LogP contribution in [0.1, 0.15) is 50.9 Å². The molecule has 0 unspecified atom stereocenters. The van der Waals surface area contributed by atoms with E-state index in [0.717, 1.165) is 29.8 Å². The van der Waals surface area contributed by atoms with Gasteiger partial charge in [0.1, 0.15) is 16.9 Å². The molecule has 6 heteroatoms. The molecule has 0 aromatic carbocycles. The molecule has 6 nitrogen and oxygen atoms in total. The highest BCUT2D eigenvalue weighted by Crippen LogP contribution is 2.32. The van der Waals surface area contributed by atoms with E-state index in [0.29, 0.717) is 19.0 Å². The number of aromatic amines is 1. The topological polar surface area (TPSA) is 71.1 Å². The molecule has 0 spiro atoms. The summed E-state index contributed by atoms with van der Waals surface area (Å²) in [6.07, 6.45) is 3.45. The summed E-state index contributed by atoms with van der Waals surface area (Å²) in [5.74, 6) is 1.29. The molecule has 23 heavy (non-hydrogen) atoms. The normalized spacial score (nSPS) is 16.8. The summed E-state index contributed by atoms with van der Waals surface area (Å²) in [5.41, 5.74) is 2.58. The van der Waals surface area contributed by atoms with Gasteiger partial charge in [-0.2, -0.15) is 0 Å². The van der Waals surface area contributed by atoms with Gasteiger partial charge in [0.2, 0.25) is 0 Å². The Morgan fingerprint density at radius 3 is 2.70 bits per heavy atom. The number of H-pyrrole nitrogens is 1. The van der Waals surface area contributed by atoms with Crippen molar-refractivity contribution in [2.24, 2.45) is 0 Å². The predicted octanol–water partition coefficient (Wildman–Crippen LogP) is 3.38. The second-order valence-electron chi connectivity index (χ2n) is 7.16. The third kappa shape index (κ3) is 3.46. The number of nitrogens with zero attached hydrogens (tertiary/aromatic N) is 3. The minimum Gasteiger partial charge on any atom is -0.444 e. The molecular weight excluding hydrogens is 292 g/mol. The third-order valence-corrected chi connectivity index (χ3v) is 4.12. The van der Waals surface area contributed by atoms with Gasteiger partial charge in [0.15, 0.2) is 5.65 Å². The molecule has 1 amide bonds. The minimum absolute atomic E-state index is 0.216. The van der Waals surface area contributed by atoms with Crippen LogP contribution in [0.4, 0.5) is 4.79 Å². The number of aryl methyl sites for hydroxylation is 1. The highest BCUT2D eigenvalue weighted by molar-refractivity contribution is 5.75. The summed E-state index contributed by atoms with van der Waals surface area (Å²) in [6.45, 7) is 9.05. The Balaban J connectivity index is 1.70. The molecule has 1 saturated heterocycles. The number of carbonyl (C=O) groups is 1. The van der Waals surface area contributed by atoms with Crippen LogP contribution in [0.15, 0.2) is 12.3 Å². The van der Waals surface area contributed by atoms with E-state index in [1.807, 2.05) is 33.9 Å². The van der Waals surface area contributed by atoms with E-state index < -0.39 is 5.60 Å². The standard InChI is InChI=1S/C17H24N4O2/c1-11-19-14-13(5-8-18-15(14)20-11)12-6-9-21(10-7-12)16(22)23-17(2,3)4/h5,8,12H,6-7,9-10H2,1-4H3,(H,18,19,20). The Bertz CT molecular complexity index is 709. The van der Waals surface area contributed by atoms with Crippen LogP contribution in [0.5, 0.6) is 0 Å². The van der Waals surface area contributed by atoms with E-state index in [-0.39, 0.29) is 6.09 Å². The summed E-state index contributed by atoms with van der Waals surface area (Å²) < 4.78 is 5.45. The number of rotatable bonds is 1. The number of nitrogens with one attached hydrogen (secondary N) is 1. The van der Waals surface area contributed by atoms with Crippen LogP contribution in [-0.2, 0) is 4.74 Å². The van der Waals surface area contributed by atoms with E-state index in [2.05, 4.69) is 21.0 Å². The first-order valence-electron chi connectivity index (χ1n) is 8.12. The fourth-order valence-electron chi connectivity index (χ4n) is 3.07. The number of imidazole rings is 1. The predicted molar refractivity (Wildman–Crippen MR) is 88.4 cm³/mol. The Hall–Kier alpha value is -2.11. The van der Waals surface area contributed by atoms with Crippen molar-refractivity contribution in [1.82, 2.24) is 19.9 Å². The molecule has 1 fully saturated rings. The van der Waals surface area contributed by atoms with Crippen molar-refractivity contribution in [2.45, 2.75) is 52.1 Å². The lowest BCUT2D eigenvalue weighted by Gasteiger charge is -2.33. The SMILES string of the molecule is Cc1nc2c(C3CCN(C(=O)OC(C)(C)C)CC3)ccnc2[nH]1. The summed E-state index contributed by atoms with van der Waals surface area (Å²) in [7, 11) is 0. The largest absolute Gasteiger partial charge is 0.444 e. The van der Waals surface area contributed by atoms with Gasteiger partial charge in [0.05, 0.1) is 0 Å². The number of aromatic nitrogens is 3. The van der Waals surface area contributed by atoms with Crippen LogP contribution < -0.4 is 0 Å². The Kier molecular flexibility index (Phi) is 4.00. The van der Waals surface area contributed by atoms with Gasteiger partial charge in [0.25, 0.3) is 0 Å². The molecule has 3 rings (SSSR count). The lowest BCUT2D eigenvalue weighted by atomic mass is 9.89. The monoisotopic (exact) mass is 316 g/mol. The van der Waals surface area contributed by atoms with E-state index in [1.165, 1.54) is 5.56 Å². The average Bonchev–Trinajstić information content (AvgIpc) is 2.85. The molecule has 1 aliphatic heterocycles. The van der Waals surface area contributed by atoms with Crippen LogP contribution in [0.25, 0.3) is 11.2 Å². The molecule has 0 saturated carbocycles.